The van der Waals surface area contributed by atoms with Crippen LogP contribution in [0.1, 0.15) is 40.5 Å². The number of pyridine rings is 1. The van der Waals surface area contributed by atoms with Crippen molar-refractivity contribution in [3.63, 3.8) is 0 Å². The van der Waals surface area contributed by atoms with Crippen LogP contribution >= 0.6 is 0 Å². The molecule has 1 saturated heterocycles. The molecule has 0 spiro atoms. The first kappa shape index (κ1) is 21.7. The maximum absolute atomic E-state index is 14.4. The van der Waals surface area contributed by atoms with E-state index in [4.69, 9.17) is 4.74 Å². The molecule has 2 aliphatic rings. The molecule has 8 nitrogen and oxygen atoms in total. The number of Topliss-reactive ketones (excluding diaryl/α,β-unsaturated/α-hetero) is 1. The summed E-state index contributed by atoms with van der Waals surface area (Å²) in [7, 11) is 0. The van der Waals surface area contributed by atoms with Crippen molar-refractivity contribution in [1.29, 1.82) is 0 Å². The van der Waals surface area contributed by atoms with Crippen molar-refractivity contribution in [1.82, 2.24) is 9.88 Å². The second-order valence-corrected chi connectivity index (χ2v) is 8.02. The molecule has 2 heterocycles. The summed E-state index contributed by atoms with van der Waals surface area (Å²) in [5, 5.41) is 3.24. The summed E-state index contributed by atoms with van der Waals surface area (Å²) < 4.78 is 19.5. The molecule has 0 radical (unpaired) electrons. The van der Waals surface area contributed by atoms with Gasteiger partial charge < -0.3 is 19.9 Å². The van der Waals surface area contributed by atoms with Gasteiger partial charge >= 0.3 is 5.97 Å². The lowest BCUT2D eigenvalue weighted by atomic mass is 10.1. The zero-order valence-corrected chi connectivity index (χ0v) is 17.8. The second-order valence-electron chi connectivity index (χ2n) is 8.02. The van der Waals surface area contributed by atoms with Crippen molar-refractivity contribution in [3.05, 3.63) is 53.5 Å². The summed E-state index contributed by atoms with van der Waals surface area (Å²) in [4.78, 5) is 43.6. The van der Waals surface area contributed by atoms with E-state index in [0.29, 0.717) is 49.3 Å². The van der Waals surface area contributed by atoms with Gasteiger partial charge in [-0.05, 0) is 50.1 Å². The third kappa shape index (κ3) is 5.22. The average Bonchev–Trinajstić information content (AvgIpc) is 3.62. The number of piperazine rings is 1. The Labute approximate surface area is 185 Å². The molecule has 0 unspecified atom stereocenters. The molecule has 2 aromatic rings. The summed E-state index contributed by atoms with van der Waals surface area (Å²) in [5.74, 6) is -0.841. The van der Waals surface area contributed by atoms with Gasteiger partial charge in [0, 0.05) is 44.0 Å². The Balaban J connectivity index is 1.24. The molecule has 9 heteroatoms. The van der Waals surface area contributed by atoms with Crippen molar-refractivity contribution in [2.75, 3.05) is 43.0 Å². The number of esters is 1. The van der Waals surface area contributed by atoms with Crippen LogP contribution in [0.4, 0.5) is 15.9 Å². The van der Waals surface area contributed by atoms with Gasteiger partial charge in [0.05, 0.1) is 11.3 Å². The summed E-state index contributed by atoms with van der Waals surface area (Å²) in [5.41, 5.74) is 1.01. The summed E-state index contributed by atoms with van der Waals surface area (Å²) in [6.45, 7) is 2.68. The van der Waals surface area contributed by atoms with Crippen molar-refractivity contribution in [3.8, 4) is 0 Å². The number of halogens is 1. The van der Waals surface area contributed by atoms with Crippen LogP contribution in [0.5, 0.6) is 0 Å². The van der Waals surface area contributed by atoms with E-state index in [1.807, 2.05) is 4.90 Å². The standard InChI is InChI=1S/C23H25FN4O4/c1-15(29)16-2-6-20(19(24)12-16)27-8-10-28(11-9-27)22(30)14-32-23(31)17-3-7-21(25-13-17)26-18-4-5-18/h2-3,6-7,12-13,18H,4-5,8-11,14H2,1H3,(H,25,26). The zero-order valence-electron chi connectivity index (χ0n) is 17.8. The molecule has 0 bridgehead atoms. The fraction of sp³-hybridized carbons (Fsp3) is 0.391. The number of benzene rings is 1. The number of ether oxygens (including phenoxy) is 1. The minimum atomic E-state index is -0.602. The molecule has 4 rings (SSSR count). The molecular formula is C23H25FN4O4. The Bertz CT molecular complexity index is 1020. The molecule has 2 fully saturated rings. The highest BCUT2D eigenvalue weighted by Gasteiger charge is 2.24. The number of carbonyl (C=O) groups excluding carboxylic acids is 3. The van der Waals surface area contributed by atoms with Gasteiger partial charge in [-0.25, -0.2) is 14.2 Å². The minimum Gasteiger partial charge on any atom is -0.452 e. The van der Waals surface area contributed by atoms with Gasteiger partial charge in [-0.15, -0.1) is 0 Å². The number of nitrogens with one attached hydrogen (secondary N) is 1. The predicted molar refractivity (Wildman–Crippen MR) is 116 cm³/mol. The monoisotopic (exact) mass is 440 g/mol. The lowest BCUT2D eigenvalue weighted by Gasteiger charge is -2.36. The number of amides is 1. The number of anilines is 2. The third-order valence-electron chi connectivity index (χ3n) is 5.58. The smallest absolute Gasteiger partial charge is 0.340 e. The van der Waals surface area contributed by atoms with E-state index in [2.05, 4.69) is 10.3 Å². The maximum atomic E-state index is 14.4. The van der Waals surface area contributed by atoms with Gasteiger partial charge in [-0.2, -0.15) is 0 Å². The molecule has 1 N–H and O–H groups in total. The SMILES string of the molecule is CC(=O)c1ccc(N2CCN(C(=O)COC(=O)c3ccc(NC4CC4)nc3)CC2)c(F)c1. The van der Waals surface area contributed by atoms with Crippen LogP contribution < -0.4 is 10.2 Å². The first-order chi connectivity index (χ1) is 15.4. The van der Waals surface area contributed by atoms with Crippen molar-refractivity contribution in [2.45, 2.75) is 25.8 Å². The number of carbonyl (C=O) groups is 3. The van der Waals surface area contributed by atoms with Crippen LogP contribution in [0.25, 0.3) is 0 Å². The van der Waals surface area contributed by atoms with E-state index in [1.165, 1.54) is 19.2 Å². The fourth-order valence-electron chi connectivity index (χ4n) is 3.52. The predicted octanol–water partition coefficient (Wildman–Crippen LogP) is 2.50. The molecule has 0 atom stereocenters. The second kappa shape index (κ2) is 9.33. The Hall–Kier alpha value is -3.49. The Morgan fingerprint density at radius 2 is 1.81 bits per heavy atom. The topological polar surface area (TPSA) is 91.8 Å². The molecular weight excluding hydrogens is 415 g/mol. The van der Waals surface area contributed by atoms with Gasteiger partial charge in [0.1, 0.15) is 11.6 Å². The van der Waals surface area contributed by atoms with Gasteiger partial charge in [0.2, 0.25) is 0 Å². The highest BCUT2D eigenvalue weighted by Crippen LogP contribution is 2.24. The lowest BCUT2D eigenvalue weighted by molar-refractivity contribution is -0.134. The molecule has 1 aromatic heterocycles. The van der Waals surface area contributed by atoms with E-state index >= 15 is 0 Å². The highest BCUT2D eigenvalue weighted by atomic mass is 19.1. The van der Waals surface area contributed by atoms with Crippen LogP contribution in [0.2, 0.25) is 0 Å². The summed E-state index contributed by atoms with van der Waals surface area (Å²) >= 11 is 0. The van der Waals surface area contributed by atoms with Crippen molar-refractivity contribution < 1.29 is 23.5 Å². The first-order valence-electron chi connectivity index (χ1n) is 10.6. The minimum absolute atomic E-state index is 0.193. The fourth-order valence-corrected chi connectivity index (χ4v) is 3.52. The van der Waals surface area contributed by atoms with E-state index in [1.54, 1.807) is 29.2 Å². The largest absolute Gasteiger partial charge is 0.452 e. The normalized spacial score (nSPS) is 15.9. The van der Waals surface area contributed by atoms with Crippen molar-refractivity contribution >= 4 is 29.2 Å². The number of rotatable bonds is 7. The average molecular weight is 440 g/mol. The highest BCUT2D eigenvalue weighted by molar-refractivity contribution is 5.94. The van der Waals surface area contributed by atoms with Crippen molar-refractivity contribution in [2.24, 2.45) is 0 Å². The molecule has 1 saturated carbocycles. The van der Waals surface area contributed by atoms with Gasteiger partial charge in [-0.3, -0.25) is 9.59 Å². The van der Waals surface area contributed by atoms with E-state index in [-0.39, 0.29) is 23.9 Å². The molecule has 1 aromatic carbocycles. The Morgan fingerprint density at radius 1 is 1.09 bits per heavy atom. The molecule has 168 valence electrons. The van der Waals surface area contributed by atoms with Gasteiger partial charge in [0.25, 0.3) is 5.91 Å². The maximum Gasteiger partial charge on any atom is 0.340 e. The Kier molecular flexibility index (Phi) is 6.34. The van der Waals surface area contributed by atoms with Crippen LogP contribution in [0.3, 0.4) is 0 Å². The first-order valence-corrected chi connectivity index (χ1v) is 10.6. The van der Waals surface area contributed by atoms with Crippen LogP contribution in [0.15, 0.2) is 36.5 Å². The molecule has 1 amide bonds. The number of hydrogen-bond donors (Lipinski definition) is 1. The summed E-state index contributed by atoms with van der Waals surface area (Å²) in [6, 6.07) is 8.23. The van der Waals surface area contributed by atoms with Crippen LogP contribution in [0, 0.1) is 5.82 Å². The molecule has 1 aliphatic carbocycles. The molecule has 32 heavy (non-hydrogen) atoms. The number of aromatic nitrogens is 1. The van der Waals surface area contributed by atoms with E-state index < -0.39 is 11.8 Å². The van der Waals surface area contributed by atoms with Crippen LogP contribution in [-0.2, 0) is 9.53 Å². The number of ketones is 1. The number of hydrogen-bond acceptors (Lipinski definition) is 7. The third-order valence-corrected chi connectivity index (χ3v) is 5.58. The zero-order chi connectivity index (χ0) is 22.7. The Morgan fingerprint density at radius 3 is 2.41 bits per heavy atom. The lowest BCUT2D eigenvalue weighted by Crippen LogP contribution is -2.50. The quantitative estimate of drug-likeness (QED) is 0.522. The molecule has 1 aliphatic heterocycles. The van der Waals surface area contributed by atoms with Gasteiger partial charge in [0.15, 0.2) is 12.4 Å². The van der Waals surface area contributed by atoms with E-state index in [0.717, 1.165) is 12.8 Å². The van der Waals surface area contributed by atoms with E-state index in [9.17, 15) is 18.8 Å². The van der Waals surface area contributed by atoms with Crippen LogP contribution in [-0.4, -0.2) is 66.4 Å². The number of nitrogens with zero attached hydrogens (tertiary/aromatic N) is 3. The van der Waals surface area contributed by atoms with Gasteiger partial charge in [-0.1, -0.05) is 0 Å². The summed E-state index contributed by atoms with van der Waals surface area (Å²) in [6.07, 6.45) is 3.69.